The van der Waals surface area contributed by atoms with E-state index in [0.717, 1.165) is 0 Å². The normalized spacial score (nSPS) is 12.5. The van der Waals surface area contributed by atoms with E-state index < -0.39 is 17.6 Å². The molecule has 0 saturated heterocycles. The Labute approximate surface area is 96.7 Å². The molecule has 0 fully saturated rings. The number of methoxy groups -OCH3 is 2. The third-order valence-electron chi connectivity index (χ3n) is 2.07. The van der Waals surface area contributed by atoms with Gasteiger partial charge in [-0.3, -0.25) is 0 Å². The van der Waals surface area contributed by atoms with Gasteiger partial charge in [-0.2, -0.15) is 9.37 Å². The lowest BCUT2D eigenvalue weighted by atomic mass is 10.3. The van der Waals surface area contributed by atoms with Crippen molar-refractivity contribution >= 4 is 5.82 Å². The lowest BCUT2D eigenvalue weighted by Gasteiger charge is -2.15. The van der Waals surface area contributed by atoms with Gasteiger partial charge in [0.25, 0.3) is 5.95 Å². The van der Waals surface area contributed by atoms with Gasteiger partial charge in [-0.05, 0) is 0 Å². The van der Waals surface area contributed by atoms with E-state index in [1.54, 1.807) is 0 Å². The van der Waals surface area contributed by atoms with Crippen LogP contribution in [0.4, 0.5) is 19.0 Å². The zero-order chi connectivity index (χ0) is 12.8. The fourth-order valence-electron chi connectivity index (χ4n) is 1.17. The molecule has 17 heavy (non-hydrogen) atoms. The van der Waals surface area contributed by atoms with Gasteiger partial charge >= 0.3 is 0 Å². The smallest absolute Gasteiger partial charge is 0.251 e. The topological polar surface area (TPSA) is 43.4 Å². The fraction of sp³-hybridized carbons (Fsp3) is 0.500. The first-order chi connectivity index (χ1) is 8.08. The number of anilines is 1. The number of aromatic nitrogens is 1. The zero-order valence-corrected chi connectivity index (χ0v) is 9.47. The second kappa shape index (κ2) is 6.41. The maximum absolute atomic E-state index is 13.2. The van der Waals surface area contributed by atoms with Crippen molar-refractivity contribution in [2.75, 3.05) is 32.7 Å². The molecule has 0 aliphatic heterocycles. The van der Waals surface area contributed by atoms with Gasteiger partial charge in [0.15, 0.2) is 17.5 Å². The van der Waals surface area contributed by atoms with Crippen molar-refractivity contribution in [1.29, 1.82) is 0 Å². The molecule has 1 heterocycles. The lowest BCUT2D eigenvalue weighted by molar-refractivity contribution is 0.0365. The number of nitrogens with one attached hydrogen (secondary N) is 1. The summed E-state index contributed by atoms with van der Waals surface area (Å²) in [6.07, 6.45) is -0.339. The van der Waals surface area contributed by atoms with Crippen LogP contribution in [0.5, 0.6) is 0 Å². The number of halogens is 3. The highest BCUT2D eigenvalue weighted by Gasteiger charge is 2.13. The first kappa shape index (κ1) is 13.7. The summed E-state index contributed by atoms with van der Waals surface area (Å²) in [5.74, 6) is -4.00. The molecule has 0 aliphatic carbocycles. The van der Waals surface area contributed by atoms with Gasteiger partial charge in [0, 0.05) is 26.8 Å². The van der Waals surface area contributed by atoms with E-state index in [4.69, 9.17) is 9.47 Å². The summed E-state index contributed by atoms with van der Waals surface area (Å²) >= 11 is 0. The van der Waals surface area contributed by atoms with Crippen LogP contribution in [0.15, 0.2) is 6.07 Å². The molecular weight excluding hydrogens is 237 g/mol. The van der Waals surface area contributed by atoms with E-state index in [9.17, 15) is 13.2 Å². The van der Waals surface area contributed by atoms with Gasteiger partial charge in [0.05, 0.1) is 12.7 Å². The number of pyridine rings is 1. The lowest BCUT2D eigenvalue weighted by Crippen LogP contribution is -2.27. The van der Waals surface area contributed by atoms with Crippen LogP contribution in [-0.2, 0) is 9.47 Å². The van der Waals surface area contributed by atoms with Crippen LogP contribution in [0, 0.1) is 17.6 Å². The van der Waals surface area contributed by atoms with Gasteiger partial charge in [0.2, 0.25) is 0 Å². The second-order valence-corrected chi connectivity index (χ2v) is 3.29. The number of hydrogen-bond acceptors (Lipinski definition) is 4. The summed E-state index contributed by atoms with van der Waals surface area (Å²) < 4.78 is 48.4. The van der Waals surface area contributed by atoms with Crippen molar-refractivity contribution in [2.45, 2.75) is 6.10 Å². The summed E-state index contributed by atoms with van der Waals surface area (Å²) in [5, 5.41) is 2.52. The molecule has 1 rings (SSSR count). The molecule has 1 aromatic heterocycles. The van der Waals surface area contributed by atoms with Crippen LogP contribution < -0.4 is 5.32 Å². The molecule has 1 unspecified atom stereocenters. The largest absolute Gasteiger partial charge is 0.382 e. The highest BCUT2D eigenvalue weighted by Crippen LogP contribution is 2.14. The maximum Gasteiger partial charge on any atom is 0.251 e. The minimum Gasteiger partial charge on any atom is -0.382 e. The van der Waals surface area contributed by atoms with E-state index >= 15 is 0 Å². The van der Waals surface area contributed by atoms with E-state index in [1.807, 2.05) is 0 Å². The van der Waals surface area contributed by atoms with E-state index in [1.165, 1.54) is 14.2 Å². The van der Waals surface area contributed by atoms with Gasteiger partial charge in [-0.15, -0.1) is 0 Å². The van der Waals surface area contributed by atoms with Crippen molar-refractivity contribution in [1.82, 2.24) is 4.98 Å². The average Bonchev–Trinajstić information content (AvgIpc) is 2.30. The molecule has 1 N–H and O–H groups in total. The van der Waals surface area contributed by atoms with Crippen molar-refractivity contribution in [3.63, 3.8) is 0 Å². The maximum atomic E-state index is 13.2. The molecule has 7 heteroatoms. The van der Waals surface area contributed by atoms with Crippen LogP contribution in [0.25, 0.3) is 0 Å². The fourth-order valence-corrected chi connectivity index (χ4v) is 1.17. The Morgan fingerprint density at radius 2 is 2.00 bits per heavy atom. The van der Waals surface area contributed by atoms with Crippen LogP contribution in [0.2, 0.25) is 0 Å². The number of ether oxygens (including phenoxy) is 2. The standard InChI is InChI=1S/C10H13F3N2O2/c1-16-5-6(17-2)4-14-10-8(12)3-7(11)9(13)15-10/h3,6H,4-5H2,1-2H3,(H,14,15). The minimum absolute atomic E-state index is 0.166. The third-order valence-corrected chi connectivity index (χ3v) is 2.07. The van der Waals surface area contributed by atoms with Crippen LogP contribution >= 0.6 is 0 Å². The SMILES string of the molecule is COCC(CNc1nc(F)c(F)cc1F)OC. The second-order valence-electron chi connectivity index (χ2n) is 3.29. The van der Waals surface area contributed by atoms with Crippen molar-refractivity contribution < 1.29 is 22.6 Å². The first-order valence-electron chi connectivity index (χ1n) is 4.85. The molecule has 0 saturated carbocycles. The van der Waals surface area contributed by atoms with Crippen LogP contribution in [-0.4, -0.2) is 38.5 Å². The molecule has 96 valence electrons. The number of hydrogen-bond donors (Lipinski definition) is 1. The monoisotopic (exact) mass is 250 g/mol. The summed E-state index contributed by atoms with van der Waals surface area (Å²) in [7, 11) is 2.95. The number of nitrogens with zero attached hydrogens (tertiary/aromatic N) is 1. The summed E-state index contributed by atoms with van der Waals surface area (Å²) in [6, 6.07) is 0.433. The predicted octanol–water partition coefficient (Wildman–Crippen LogP) is 1.57. The molecule has 1 atom stereocenters. The van der Waals surface area contributed by atoms with Gasteiger partial charge in [-0.1, -0.05) is 0 Å². The number of rotatable bonds is 6. The molecule has 0 amide bonds. The third kappa shape index (κ3) is 3.86. The molecule has 1 aromatic rings. The Morgan fingerprint density at radius 1 is 1.29 bits per heavy atom. The van der Waals surface area contributed by atoms with Crippen LogP contribution in [0.1, 0.15) is 0 Å². The quantitative estimate of drug-likeness (QED) is 0.778. The van der Waals surface area contributed by atoms with Gasteiger partial charge in [0.1, 0.15) is 0 Å². The summed E-state index contributed by atoms with van der Waals surface area (Å²) in [6.45, 7) is 0.453. The Balaban J connectivity index is 2.65. The Kier molecular flexibility index (Phi) is 5.17. The zero-order valence-electron chi connectivity index (χ0n) is 9.47. The van der Waals surface area contributed by atoms with E-state index in [-0.39, 0.29) is 25.1 Å². The van der Waals surface area contributed by atoms with Gasteiger partial charge in [-0.25, -0.2) is 8.78 Å². The van der Waals surface area contributed by atoms with Crippen molar-refractivity contribution in [3.8, 4) is 0 Å². The molecule has 0 bridgehead atoms. The van der Waals surface area contributed by atoms with Crippen LogP contribution in [0.3, 0.4) is 0 Å². The minimum atomic E-state index is -1.35. The molecule has 0 aromatic carbocycles. The highest BCUT2D eigenvalue weighted by atomic mass is 19.2. The molecule has 4 nitrogen and oxygen atoms in total. The first-order valence-corrected chi connectivity index (χ1v) is 4.85. The molecule has 0 radical (unpaired) electrons. The Morgan fingerprint density at radius 3 is 2.59 bits per heavy atom. The molecule has 0 aliphatic rings. The Bertz CT molecular complexity index is 377. The van der Waals surface area contributed by atoms with Gasteiger partial charge < -0.3 is 14.8 Å². The highest BCUT2D eigenvalue weighted by molar-refractivity contribution is 5.36. The van der Waals surface area contributed by atoms with Crippen molar-refractivity contribution in [2.24, 2.45) is 0 Å². The predicted molar refractivity (Wildman–Crippen MR) is 55.3 cm³/mol. The Hall–Kier alpha value is -1.34. The molecular formula is C10H13F3N2O2. The van der Waals surface area contributed by atoms with E-state index in [2.05, 4.69) is 10.3 Å². The van der Waals surface area contributed by atoms with Crippen molar-refractivity contribution in [3.05, 3.63) is 23.6 Å². The molecule has 0 spiro atoms. The average molecular weight is 250 g/mol. The summed E-state index contributed by atoms with van der Waals surface area (Å²) in [4.78, 5) is 3.11. The summed E-state index contributed by atoms with van der Waals surface area (Å²) in [5.41, 5.74) is 0. The van der Waals surface area contributed by atoms with E-state index in [0.29, 0.717) is 6.07 Å².